The van der Waals surface area contributed by atoms with E-state index in [1.807, 2.05) is 0 Å². The maximum absolute atomic E-state index is 12.1. The Bertz CT molecular complexity index is 881. The second-order valence-corrected chi connectivity index (χ2v) is 6.19. The normalized spacial score (nSPS) is 11.2. The summed E-state index contributed by atoms with van der Waals surface area (Å²) in [7, 11) is 0. The number of primary amides is 1. The Balaban J connectivity index is 1.80. The molecule has 0 fully saturated rings. The molecule has 8 nitrogen and oxygen atoms in total. The van der Waals surface area contributed by atoms with Gasteiger partial charge in [0.15, 0.2) is 6.10 Å². The maximum atomic E-state index is 12.1. The van der Waals surface area contributed by atoms with Gasteiger partial charge in [0.1, 0.15) is 6.54 Å². The van der Waals surface area contributed by atoms with E-state index in [1.165, 1.54) is 43.3 Å². The highest BCUT2D eigenvalue weighted by molar-refractivity contribution is 6.30. The maximum Gasteiger partial charge on any atom is 0.326 e. The number of hydrogen-bond acceptors (Lipinski definition) is 5. The predicted octanol–water partition coefficient (Wildman–Crippen LogP) is 1.74. The molecule has 0 aliphatic heterocycles. The van der Waals surface area contributed by atoms with Gasteiger partial charge in [-0.25, -0.2) is 0 Å². The molecule has 0 aliphatic carbocycles. The van der Waals surface area contributed by atoms with Crippen LogP contribution in [-0.2, 0) is 14.3 Å². The minimum absolute atomic E-state index is 0.300. The summed E-state index contributed by atoms with van der Waals surface area (Å²) in [6.07, 6.45) is -1.09. The fourth-order valence-corrected chi connectivity index (χ4v) is 2.24. The van der Waals surface area contributed by atoms with Crippen molar-refractivity contribution in [3.63, 3.8) is 0 Å². The molecule has 0 unspecified atom stereocenters. The number of rotatable bonds is 7. The number of ether oxygens (including phenoxy) is 1. The van der Waals surface area contributed by atoms with Gasteiger partial charge >= 0.3 is 5.97 Å². The lowest BCUT2D eigenvalue weighted by Crippen LogP contribution is -2.35. The highest BCUT2D eigenvalue weighted by Gasteiger charge is 2.18. The summed E-state index contributed by atoms with van der Waals surface area (Å²) in [6, 6.07) is 12.1. The summed E-state index contributed by atoms with van der Waals surface area (Å²) < 4.78 is 4.99. The zero-order valence-corrected chi connectivity index (χ0v) is 15.7. The molecule has 0 aromatic heterocycles. The molecule has 0 spiro atoms. The van der Waals surface area contributed by atoms with Gasteiger partial charge in [-0.15, -0.1) is 0 Å². The molecule has 0 saturated heterocycles. The number of esters is 1. The van der Waals surface area contributed by atoms with E-state index in [9.17, 15) is 19.2 Å². The van der Waals surface area contributed by atoms with Crippen LogP contribution in [0.3, 0.4) is 0 Å². The SMILES string of the molecule is C[C@@H](OC(=O)CNC(=O)c1ccc(Cl)cc1)C(=O)Nc1ccc(C(N)=O)cc1. The van der Waals surface area contributed by atoms with E-state index in [1.54, 1.807) is 12.1 Å². The monoisotopic (exact) mass is 403 g/mol. The van der Waals surface area contributed by atoms with Gasteiger partial charge in [0.05, 0.1) is 0 Å². The molecule has 3 amide bonds. The van der Waals surface area contributed by atoms with Crippen LogP contribution in [-0.4, -0.2) is 36.3 Å². The van der Waals surface area contributed by atoms with Crippen molar-refractivity contribution in [3.05, 3.63) is 64.7 Å². The van der Waals surface area contributed by atoms with Crippen molar-refractivity contribution in [3.8, 4) is 0 Å². The Labute approximate surface area is 166 Å². The first-order chi connectivity index (χ1) is 13.3. The molecule has 2 aromatic carbocycles. The first-order valence-electron chi connectivity index (χ1n) is 8.20. The van der Waals surface area contributed by atoms with Gasteiger partial charge in [0.2, 0.25) is 5.91 Å². The van der Waals surface area contributed by atoms with Crippen molar-refractivity contribution < 1.29 is 23.9 Å². The second-order valence-electron chi connectivity index (χ2n) is 5.75. The van der Waals surface area contributed by atoms with Crippen LogP contribution < -0.4 is 16.4 Å². The molecular weight excluding hydrogens is 386 g/mol. The molecule has 28 heavy (non-hydrogen) atoms. The molecule has 4 N–H and O–H groups in total. The average Bonchev–Trinajstić information content (AvgIpc) is 2.67. The number of nitrogens with two attached hydrogens (primary N) is 1. The highest BCUT2D eigenvalue weighted by atomic mass is 35.5. The number of hydrogen-bond donors (Lipinski definition) is 3. The van der Waals surface area contributed by atoms with E-state index in [0.717, 1.165) is 0 Å². The Kier molecular flexibility index (Phi) is 7.11. The lowest BCUT2D eigenvalue weighted by atomic mass is 10.2. The van der Waals surface area contributed by atoms with Gasteiger partial charge in [-0.05, 0) is 55.5 Å². The zero-order valence-electron chi connectivity index (χ0n) is 14.9. The lowest BCUT2D eigenvalue weighted by Gasteiger charge is -2.14. The average molecular weight is 404 g/mol. The molecule has 2 aromatic rings. The summed E-state index contributed by atoms with van der Waals surface area (Å²) in [4.78, 5) is 46.9. The number of carbonyl (C=O) groups is 4. The summed E-state index contributed by atoms with van der Waals surface area (Å²) in [5.41, 5.74) is 6.19. The van der Waals surface area contributed by atoms with E-state index < -0.39 is 36.3 Å². The fourth-order valence-electron chi connectivity index (χ4n) is 2.11. The van der Waals surface area contributed by atoms with Gasteiger partial charge in [-0.2, -0.15) is 0 Å². The largest absolute Gasteiger partial charge is 0.451 e. The third-order valence-electron chi connectivity index (χ3n) is 3.61. The zero-order chi connectivity index (χ0) is 20.7. The smallest absolute Gasteiger partial charge is 0.326 e. The van der Waals surface area contributed by atoms with Gasteiger partial charge in [-0.1, -0.05) is 11.6 Å². The molecule has 9 heteroatoms. The van der Waals surface area contributed by atoms with Crippen LogP contribution in [0.25, 0.3) is 0 Å². The molecule has 0 heterocycles. The third-order valence-corrected chi connectivity index (χ3v) is 3.87. The van der Waals surface area contributed by atoms with Crippen LogP contribution in [0.5, 0.6) is 0 Å². The molecule has 1 atom stereocenters. The van der Waals surface area contributed by atoms with Crippen LogP contribution in [0.1, 0.15) is 27.6 Å². The van der Waals surface area contributed by atoms with E-state index >= 15 is 0 Å². The third kappa shape index (κ3) is 6.10. The van der Waals surface area contributed by atoms with Crippen molar-refractivity contribution in [2.45, 2.75) is 13.0 Å². The van der Waals surface area contributed by atoms with Crippen LogP contribution >= 0.6 is 11.6 Å². The Morgan fingerprint density at radius 1 is 1.00 bits per heavy atom. The molecule has 0 saturated carbocycles. The van der Waals surface area contributed by atoms with Gasteiger partial charge in [-0.3, -0.25) is 19.2 Å². The Hall–Kier alpha value is -3.39. The number of benzene rings is 2. The van der Waals surface area contributed by atoms with Crippen molar-refractivity contribution in [1.29, 1.82) is 0 Å². The Morgan fingerprint density at radius 3 is 2.14 bits per heavy atom. The van der Waals surface area contributed by atoms with Crippen LogP contribution in [0.4, 0.5) is 5.69 Å². The van der Waals surface area contributed by atoms with Crippen molar-refractivity contribution >= 4 is 41.0 Å². The number of halogens is 1. The predicted molar refractivity (Wildman–Crippen MR) is 103 cm³/mol. The van der Waals surface area contributed by atoms with E-state index in [-0.39, 0.29) is 0 Å². The first kappa shape index (κ1) is 20.9. The van der Waals surface area contributed by atoms with Gasteiger partial charge in [0.25, 0.3) is 11.8 Å². The first-order valence-corrected chi connectivity index (χ1v) is 8.58. The van der Waals surface area contributed by atoms with Crippen LogP contribution in [0.2, 0.25) is 5.02 Å². The van der Waals surface area contributed by atoms with E-state index in [0.29, 0.717) is 21.8 Å². The topological polar surface area (TPSA) is 128 Å². The number of anilines is 1. The highest BCUT2D eigenvalue weighted by Crippen LogP contribution is 2.11. The molecule has 0 aliphatic rings. The number of nitrogens with one attached hydrogen (secondary N) is 2. The van der Waals surface area contributed by atoms with Crippen molar-refractivity contribution in [2.75, 3.05) is 11.9 Å². The molecular formula is C19H18ClN3O5. The van der Waals surface area contributed by atoms with Crippen LogP contribution in [0, 0.1) is 0 Å². The molecule has 2 rings (SSSR count). The molecule has 0 radical (unpaired) electrons. The van der Waals surface area contributed by atoms with Crippen LogP contribution in [0.15, 0.2) is 48.5 Å². The number of amides is 3. The minimum Gasteiger partial charge on any atom is -0.451 e. The fraction of sp³-hybridized carbons (Fsp3) is 0.158. The van der Waals surface area contributed by atoms with Gasteiger partial charge in [0, 0.05) is 21.8 Å². The minimum atomic E-state index is -1.09. The quantitative estimate of drug-likeness (QED) is 0.606. The van der Waals surface area contributed by atoms with Crippen molar-refractivity contribution in [1.82, 2.24) is 5.32 Å². The summed E-state index contributed by atoms with van der Waals surface area (Å²) in [5, 5.41) is 5.42. The van der Waals surface area contributed by atoms with Crippen molar-refractivity contribution in [2.24, 2.45) is 5.73 Å². The molecule has 0 bridgehead atoms. The van der Waals surface area contributed by atoms with E-state index in [2.05, 4.69) is 10.6 Å². The summed E-state index contributed by atoms with van der Waals surface area (Å²) >= 11 is 5.75. The second kappa shape index (κ2) is 9.52. The lowest BCUT2D eigenvalue weighted by molar-refractivity contribution is -0.152. The van der Waals surface area contributed by atoms with Gasteiger partial charge < -0.3 is 21.1 Å². The Morgan fingerprint density at radius 2 is 1.57 bits per heavy atom. The van der Waals surface area contributed by atoms with E-state index in [4.69, 9.17) is 22.1 Å². The summed E-state index contributed by atoms with van der Waals surface area (Å²) in [6.45, 7) is 0.998. The molecule has 146 valence electrons. The number of carbonyl (C=O) groups excluding carboxylic acids is 4. The summed E-state index contributed by atoms with van der Waals surface area (Å²) in [5.74, 6) is -2.39. The standard InChI is InChI=1S/C19H18ClN3O5/c1-11(18(26)23-15-8-4-12(5-9-15)17(21)25)28-16(24)10-22-19(27)13-2-6-14(20)7-3-13/h2-9,11H,10H2,1H3,(H2,21,25)(H,22,27)(H,23,26)/t11-/m1/s1.